The number of aromatic nitrogens is 2. The Balaban J connectivity index is 2.04. The van der Waals surface area contributed by atoms with Gasteiger partial charge in [0.1, 0.15) is 0 Å². The second-order valence-corrected chi connectivity index (χ2v) is 4.89. The first-order valence-electron chi connectivity index (χ1n) is 6.00. The average molecular weight is 225 g/mol. The molecule has 4 heteroatoms. The number of halogens is 1. The van der Waals surface area contributed by atoms with Crippen molar-refractivity contribution >= 4 is 0 Å². The molecule has 90 valence electrons. The number of nitrogens with one attached hydrogen (secondary N) is 1. The minimum atomic E-state index is -1.29. The van der Waals surface area contributed by atoms with Crippen LogP contribution in [0.4, 0.5) is 4.39 Å². The van der Waals surface area contributed by atoms with Crippen LogP contribution in [0.1, 0.15) is 38.3 Å². The Morgan fingerprint density at radius 2 is 2.44 bits per heavy atom. The van der Waals surface area contributed by atoms with E-state index in [0.29, 0.717) is 18.2 Å². The Hall–Kier alpha value is -0.900. The van der Waals surface area contributed by atoms with Crippen molar-refractivity contribution in [2.24, 2.45) is 7.05 Å². The van der Waals surface area contributed by atoms with Crippen LogP contribution in [-0.4, -0.2) is 22.4 Å². The van der Waals surface area contributed by atoms with Crippen molar-refractivity contribution in [3.05, 3.63) is 18.0 Å². The summed E-state index contributed by atoms with van der Waals surface area (Å²) >= 11 is 0. The molecule has 1 aromatic heterocycles. The number of hydrogen-bond donors (Lipinski definition) is 1. The molecule has 2 rings (SSSR count). The summed E-state index contributed by atoms with van der Waals surface area (Å²) in [6.45, 7) is 2.67. The van der Waals surface area contributed by atoms with E-state index >= 15 is 0 Å². The van der Waals surface area contributed by atoms with Crippen LogP contribution in [0.15, 0.2) is 12.3 Å². The lowest BCUT2D eigenvalue weighted by atomic mass is 9.91. The van der Waals surface area contributed by atoms with Crippen molar-refractivity contribution in [2.75, 3.05) is 6.54 Å². The highest BCUT2D eigenvalue weighted by Crippen LogP contribution is 2.31. The third-order valence-corrected chi connectivity index (χ3v) is 3.40. The Bertz CT molecular complexity index is 340. The van der Waals surface area contributed by atoms with Crippen LogP contribution >= 0.6 is 0 Å². The van der Waals surface area contributed by atoms with Gasteiger partial charge in [-0.25, -0.2) is 4.39 Å². The summed E-state index contributed by atoms with van der Waals surface area (Å²) in [7, 11) is 1.79. The highest BCUT2D eigenvalue weighted by Gasteiger charge is 2.32. The van der Waals surface area contributed by atoms with Gasteiger partial charge in [0.25, 0.3) is 0 Å². The Labute approximate surface area is 96.0 Å². The number of nitrogens with zero attached hydrogens (tertiary/aromatic N) is 2. The summed E-state index contributed by atoms with van der Waals surface area (Å²) in [5.74, 6) is 0. The molecule has 2 atom stereocenters. The van der Waals surface area contributed by atoms with Crippen LogP contribution < -0.4 is 5.32 Å². The van der Waals surface area contributed by atoms with E-state index < -0.39 is 5.67 Å². The first-order chi connectivity index (χ1) is 7.59. The third-order valence-electron chi connectivity index (χ3n) is 3.40. The van der Waals surface area contributed by atoms with Crippen molar-refractivity contribution in [2.45, 2.75) is 44.3 Å². The van der Waals surface area contributed by atoms with Gasteiger partial charge < -0.3 is 5.32 Å². The van der Waals surface area contributed by atoms with E-state index in [1.54, 1.807) is 30.9 Å². The molecule has 3 nitrogen and oxygen atoms in total. The van der Waals surface area contributed by atoms with Crippen LogP contribution in [0.25, 0.3) is 0 Å². The van der Waals surface area contributed by atoms with Crippen LogP contribution in [0, 0.1) is 0 Å². The zero-order valence-corrected chi connectivity index (χ0v) is 10.0. The molecule has 0 aromatic carbocycles. The zero-order chi connectivity index (χ0) is 11.6. The van der Waals surface area contributed by atoms with Gasteiger partial charge in [0.2, 0.25) is 0 Å². The monoisotopic (exact) mass is 225 g/mol. The van der Waals surface area contributed by atoms with Crippen LogP contribution in [0.5, 0.6) is 0 Å². The topological polar surface area (TPSA) is 29.9 Å². The summed E-state index contributed by atoms with van der Waals surface area (Å²) < 4.78 is 16.2. The minimum Gasteiger partial charge on any atom is -0.314 e. The number of piperidine rings is 1. The lowest BCUT2D eigenvalue weighted by Crippen LogP contribution is -2.38. The number of hydrogen-bond acceptors (Lipinski definition) is 2. The maximum Gasteiger partial charge on any atom is 0.151 e. The zero-order valence-electron chi connectivity index (χ0n) is 10.0. The molecule has 0 aliphatic carbocycles. The Kier molecular flexibility index (Phi) is 3.28. The number of rotatable bonds is 3. The van der Waals surface area contributed by atoms with Crippen molar-refractivity contribution in [3.63, 3.8) is 0 Å². The molecule has 0 radical (unpaired) electrons. The molecule has 0 amide bonds. The lowest BCUT2D eigenvalue weighted by molar-refractivity contribution is 0.135. The molecule has 1 aliphatic rings. The summed E-state index contributed by atoms with van der Waals surface area (Å²) in [4.78, 5) is 0. The predicted octanol–water partition coefficient (Wildman–Crippen LogP) is 2.14. The standard InChI is InChI=1S/C12H20FN3/c1-12(13,11-6-8-15-16(11)2)9-10-5-3-4-7-14-10/h6,8,10,14H,3-5,7,9H2,1-2H3. The van der Waals surface area contributed by atoms with Crippen LogP contribution in [0.3, 0.4) is 0 Å². The van der Waals surface area contributed by atoms with Gasteiger partial charge in [-0.1, -0.05) is 6.42 Å². The molecule has 1 saturated heterocycles. The van der Waals surface area contributed by atoms with Crippen molar-refractivity contribution < 1.29 is 4.39 Å². The Morgan fingerprint density at radius 3 is 3.00 bits per heavy atom. The van der Waals surface area contributed by atoms with E-state index in [2.05, 4.69) is 10.4 Å². The molecule has 16 heavy (non-hydrogen) atoms. The fourth-order valence-electron chi connectivity index (χ4n) is 2.55. The first-order valence-corrected chi connectivity index (χ1v) is 6.00. The lowest BCUT2D eigenvalue weighted by Gasteiger charge is -2.29. The molecule has 1 N–H and O–H groups in total. The van der Waals surface area contributed by atoms with E-state index in [1.165, 1.54) is 12.8 Å². The molecule has 2 unspecified atom stereocenters. The van der Waals surface area contributed by atoms with Gasteiger partial charge in [0.05, 0.1) is 5.69 Å². The number of aryl methyl sites for hydroxylation is 1. The molecule has 0 saturated carbocycles. The van der Waals surface area contributed by atoms with Crippen molar-refractivity contribution in [1.29, 1.82) is 0 Å². The minimum absolute atomic E-state index is 0.304. The summed E-state index contributed by atoms with van der Waals surface area (Å²) in [5.41, 5.74) is -0.625. The van der Waals surface area contributed by atoms with E-state index in [9.17, 15) is 4.39 Å². The molecule has 2 heterocycles. The number of alkyl halides is 1. The second-order valence-electron chi connectivity index (χ2n) is 4.89. The fourth-order valence-corrected chi connectivity index (χ4v) is 2.55. The highest BCUT2D eigenvalue weighted by atomic mass is 19.1. The smallest absolute Gasteiger partial charge is 0.151 e. The Morgan fingerprint density at radius 1 is 1.62 bits per heavy atom. The van der Waals surface area contributed by atoms with Gasteiger partial charge >= 0.3 is 0 Å². The van der Waals surface area contributed by atoms with Gasteiger partial charge in [-0.2, -0.15) is 5.10 Å². The summed E-state index contributed by atoms with van der Waals surface area (Å²) in [6.07, 6.45) is 5.69. The maximum atomic E-state index is 14.6. The molecule has 1 aliphatic heterocycles. The SMILES string of the molecule is Cn1nccc1C(C)(F)CC1CCCCN1. The van der Waals surface area contributed by atoms with Crippen LogP contribution in [-0.2, 0) is 12.7 Å². The van der Waals surface area contributed by atoms with Gasteiger partial charge in [-0.05, 0) is 32.4 Å². The maximum absolute atomic E-state index is 14.6. The molecule has 1 aromatic rings. The van der Waals surface area contributed by atoms with Gasteiger partial charge in [0, 0.05) is 25.7 Å². The van der Waals surface area contributed by atoms with E-state index in [1.807, 2.05) is 0 Å². The quantitative estimate of drug-likeness (QED) is 0.854. The van der Waals surface area contributed by atoms with Crippen LogP contribution in [0.2, 0.25) is 0 Å². The van der Waals surface area contributed by atoms with Crippen molar-refractivity contribution in [3.8, 4) is 0 Å². The van der Waals surface area contributed by atoms with Gasteiger partial charge in [-0.3, -0.25) is 4.68 Å². The average Bonchev–Trinajstić information content (AvgIpc) is 2.66. The second kappa shape index (κ2) is 4.53. The fraction of sp³-hybridized carbons (Fsp3) is 0.750. The molecule has 1 fully saturated rings. The summed E-state index contributed by atoms with van der Waals surface area (Å²) in [6, 6.07) is 2.07. The highest BCUT2D eigenvalue weighted by molar-refractivity contribution is 5.11. The van der Waals surface area contributed by atoms with E-state index in [-0.39, 0.29) is 0 Å². The third kappa shape index (κ3) is 2.43. The van der Waals surface area contributed by atoms with E-state index in [0.717, 1.165) is 13.0 Å². The molecule has 0 spiro atoms. The summed E-state index contributed by atoms with van der Waals surface area (Å²) in [5, 5.41) is 7.42. The predicted molar refractivity (Wildman–Crippen MR) is 61.9 cm³/mol. The van der Waals surface area contributed by atoms with Crippen molar-refractivity contribution in [1.82, 2.24) is 15.1 Å². The van der Waals surface area contributed by atoms with E-state index in [4.69, 9.17) is 0 Å². The molecule has 0 bridgehead atoms. The van der Waals surface area contributed by atoms with Gasteiger partial charge in [-0.15, -0.1) is 0 Å². The molecular formula is C12H20FN3. The van der Waals surface area contributed by atoms with Gasteiger partial charge in [0.15, 0.2) is 5.67 Å². The first kappa shape index (κ1) is 11.6. The molecular weight excluding hydrogens is 205 g/mol. The largest absolute Gasteiger partial charge is 0.314 e. The normalized spacial score (nSPS) is 25.3.